The highest BCUT2D eigenvalue weighted by Gasteiger charge is 2.18. The maximum Gasteiger partial charge on any atom is 0.343 e. The molecule has 0 radical (unpaired) electrons. The Kier molecular flexibility index (Phi) is 6.60. The minimum atomic E-state index is -1.57. The molecule has 0 saturated carbocycles. The van der Waals surface area contributed by atoms with Gasteiger partial charge in [-0.05, 0) is 35.9 Å². The third-order valence-corrected chi connectivity index (χ3v) is 3.64. The molecule has 0 fully saturated rings. The van der Waals surface area contributed by atoms with Crippen LogP contribution in [0.25, 0.3) is 6.08 Å². The number of rotatable bonds is 7. The van der Waals surface area contributed by atoms with E-state index in [1.807, 2.05) is 0 Å². The largest absolute Gasteiger partial charge is 0.544 e. The number of esters is 1. The molecule has 0 atom stereocenters. The van der Waals surface area contributed by atoms with Crippen molar-refractivity contribution in [3.05, 3.63) is 53.1 Å². The molecule has 0 saturated heterocycles. The molecule has 0 N–H and O–H groups in total. The fourth-order valence-corrected chi connectivity index (χ4v) is 2.30. The Labute approximate surface area is 161 Å². The van der Waals surface area contributed by atoms with Gasteiger partial charge in [-0.2, -0.15) is 5.26 Å². The molecule has 144 valence electrons. The van der Waals surface area contributed by atoms with Crippen molar-refractivity contribution < 1.29 is 33.6 Å². The standard InChI is InChI=1S/C20H17NO7/c1-25-16-9-13(10-17(26-2)18(16)27-3)20(24)28-15-6-4-12(5-7-15)8-14(11-21)19(22)23/h4-10H,1-3H3,(H,22,23)/p-1/b14-8+. The molecule has 0 unspecified atom stereocenters. The number of carbonyl (C=O) groups is 2. The monoisotopic (exact) mass is 382 g/mol. The van der Waals surface area contributed by atoms with E-state index in [1.54, 1.807) is 0 Å². The first kappa shape index (κ1) is 20.3. The predicted octanol–water partition coefficient (Wildman–Crippen LogP) is 1.59. The van der Waals surface area contributed by atoms with Gasteiger partial charge >= 0.3 is 5.97 Å². The quantitative estimate of drug-likeness (QED) is 0.307. The van der Waals surface area contributed by atoms with E-state index < -0.39 is 17.5 Å². The van der Waals surface area contributed by atoms with Crippen molar-refractivity contribution in [2.75, 3.05) is 21.3 Å². The van der Waals surface area contributed by atoms with Crippen LogP contribution in [-0.4, -0.2) is 33.3 Å². The lowest BCUT2D eigenvalue weighted by Gasteiger charge is -2.13. The molecule has 2 aromatic rings. The van der Waals surface area contributed by atoms with Gasteiger partial charge < -0.3 is 28.8 Å². The van der Waals surface area contributed by atoms with Crippen LogP contribution in [0.4, 0.5) is 0 Å². The number of hydrogen-bond acceptors (Lipinski definition) is 8. The molecule has 0 spiro atoms. The van der Waals surface area contributed by atoms with Crippen LogP contribution in [0.15, 0.2) is 42.0 Å². The Morgan fingerprint density at radius 2 is 1.57 bits per heavy atom. The van der Waals surface area contributed by atoms with Gasteiger partial charge in [0, 0.05) is 0 Å². The fourth-order valence-electron chi connectivity index (χ4n) is 2.30. The summed E-state index contributed by atoms with van der Waals surface area (Å²) in [4.78, 5) is 23.2. The summed E-state index contributed by atoms with van der Waals surface area (Å²) in [6, 6.07) is 10.4. The van der Waals surface area contributed by atoms with Crippen LogP contribution in [0.5, 0.6) is 23.0 Å². The Morgan fingerprint density at radius 3 is 2.00 bits per heavy atom. The van der Waals surface area contributed by atoms with Gasteiger partial charge in [0.05, 0.1) is 38.4 Å². The van der Waals surface area contributed by atoms with Gasteiger partial charge in [0.1, 0.15) is 11.8 Å². The Bertz CT molecular complexity index is 931. The molecule has 0 aliphatic heterocycles. The summed E-state index contributed by atoms with van der Waals surface area (Å²) in [5.41, 5.74) is 0.109. The summed E-state index contributed by atoms with van der Waals surface area (Å²) in [7, 11) is 4.31. The van der Waals surface area contributed by atoms with Crippen LogP contribution in [-0.2, 0) is 4.79 Å². The second kappa shape index (κ2) is 9.09. The third-order valence-electron chi connectivity index (χ3n) is 3.64. The molecule has 0 bridgehead atoms. The lowest BCUT2D eigenvalue weighted by atomic mass is 10.1. The Morgan fingerprint density at radius 1 is 1.00 bits per heavy atom. The molecular weight excluding hydrogens is 366 g/mol. The minimum Gasteiger partial charge on any atom is -0.544 e. The SMILES string of the molecule is COc1cc(C(=O)Oc2ccc(/C=C(\C#N)C(=O)[O-])cc2)cc(OC)c1OC. The average molecular weight is 382 g/mol. The van der Waals surface area contributed by atoms with Crippen molar-refractivity contribution in [2.24, 2.45) is 0 Å². The maximum atomic E-state index is 12.4. The van der Waals surface area contributed by atoms with E-state index in [9.17, 15) is 14.7 Å². The van der Waals surface area contributed by atoms with Crippen molar-refractivity contribution in [1.82, 2.24) is 0 Å². The number of methoxy groups -OCH3 is 3. The zero-order valence-corrected chi connectivity index (χ0v) is 15.3. The van der Waals surface area contributed by atoms with Crippen molar-refractivity contribution in [1.29, 1.82) is 5.26 Å². The van der Waals surface area contributed by atoms with Crippen LogP contribution in [0.1, 0.15) is 15.9 Å². The van der Waals surface area contributed by atoms with E-state index >= 15 is 0 Å². The van der Waals surface area contributed by atoms with Gasteiger partial charge in [0.25, 0.3) is 0 Å². The Balaban J connectivity index is 2.24. The van der Waals surface area contributed by atoms with Crippen LogP contribution in [0.2, 0.25) is 0 Å². The summed E-state index contributed by atoms with van der Waals surface area (Å²) < 4.78 is 20.9. The molecule has 0 aliphatic rings. The number of carboxylic acid groups (broad SMARTS) is 1. The number of carboxylic acids is 1. The first-order chi connectivity index (χ1) is 13.4. The molecule has 8 heteroatoms. The molecule has 0 amide bonds. The molecular formula is C20H16NO7-. The number of nitrogens with zero attached hydrogens (tertiary/aromatic N) is 1. The lowest BCUT2D eigenvalue weighted by Crippen LogP contribution is -2.23. The highest BCUT2D eigenvalue weighted by Crippen LogP contribution is 2.38. The van der Waals surface area contributed by atoms with Crippen molar-refractivity contribution in [2.45, 2.75) is 0 Å². The van der Waals surface area contributed by atoms with Crippen molar-refractivity contribution in [3.8, 4) is 29.1 Å². The maximum absolute atomic E-state index is 12.4. The van der Waals surface area contributed by atoms with Gasteiger partial charge in [-0.3, -0.25) is 0 Å². The van der Waals surface area contributed by atoms with Crippen molar-refractivity contribution in [3.63, 3.8) is 0 Å². The summed E-state index contributed by atoms with van der Waals surface area (Å²) in [5.74, 6) is -1.04. The van der Waals surface area contributed by atoms with E-state index in [1.165, 1.54) is 63.8 Å². The summed E-state index contributed by atoms with van der Waals surface area (Å²) in [6.07, 6.45) is 1.15. The average Bonchev–Trinajstić information content (AvgIpc) is 2.71. The molecule has 0 aromatic heterocycles. The van der Waals surface area contributed by atoms with Crippen molar-refractivity contribution >= 4 is 18.0 Å². The number of benzene rings is 2. The van der Waals surface area contributed by atoms with Crippen LogP contribution in [0, 0.1) is 11.3 Å². The second-order valence-corrected chi connectivity index (χ2v) is 5.33. The normalized spacial score (nSPS) is 10.6. The molecule has 2 rings (SSSR count). The summed E-state index contributed by atoms with van der Waals surface area (Å²) in [6.45, 7) is 0. The van der Waals surface area contributed by atoms with E-state index in [2.05, 4.69) is 0 Å². The van der Waals surface area contributed by atoms with Gasteiger partial charge in [-0.1, -0.05) is 12.1 Å². The van der Waals surface area contributed by atoms with Gasteiger partial charge in [-0.15, -0.1) is 0 Å². The van der Waals surface area contributed by atoms with E-state index in [0.717, 1.165) is 6.08 Å². The molecule has 28 heavy (non-hydrogen) atoms. The van der Waals surface area contributed by atoms with Gasteiger partial charge in [0.2, 0.25) is 5.75 Å². The van der Waals surface area contributed by atoms with Crippen LogP contribution >= 0.6 is 0 Å². The summed E-state index contributed by atoms with van der Waals surface area (Å²) >= 11 is 0. The summed E-state index contributed by atoms with van der Waals surface area (Å²) in [5, 5.41) is 19.5. The molecule has 8 nitrogen and oxygen atoms in total. The number of nitriles is 1. The van der Waals surface area contributed by atoms with Gasteiger partial charge in [-0.25, -0.2) is 4.79 Å². The molecule has 0 heterocycles. The number of ether oxygens (including phenoxy) is 4. The van der Waals surface area contributed by atoms with E-state index in [4.69, 9.17) is 24.2 Å². The third kappa shape index (κ3) is 4.59. The second-order valence-electron chi connectivity index (χ2n) is 5.33. The van der Waals surface area contributed by atoms with E-state index in [0.29, 0.717) is 22.8 Å². The number of hydrogen-bond donors (Lipinski definition) is 0. The minimum absolute atomic E-state index is 0.183. The Hall–Kier alpha value is -3.99. The molecule has 0 aliphatic carbocycles. The smallest absolute Gasteiger partial charge is 0.343 e. The van der Waals surface area contributed by atoms with Gasteiger partial charge in [0.15, 0.2) is 11.5 Å². The fraction of sp³-hybridized carbons (Fsp3) is 0.150. The highest BCUT2D eigenvalue weighted by atomic mass is 16.5. The van der Waals surface area contributed by atoms with E-state index in [-0.39, 0.29) is 11.3 Å². The number of aliphatic carboxylic acids is 1. The number of carbonyl (C=O) groups excluding carboxylic acids is 2. The zero-order chi connectivity index (χ0) is 20.7. The van der Waals surface area contributed by atoms with Crippen LogP contribution in [0.3, 0.4) is 0 Å². The first-order valence-electron chi connectivity index (χ1n) is 7.88. The van der Waals surface area contributed by atoms with Crippen LogP contribution < -0.4 is 24.1 Å². The highest BCUT2D eigenvalue weighted by molar-refractivity contribution is 5.95. The first-order valence-corrected chi connectivity index (χ1v) is 7.88. The zero-order valence-electron chi connectivity index (χ0n) is 15.3. The topological polar surface area (TPSA) is 118 Å². The predicted molar refractivity (Wildman–Crippen MR) is 96.1 cm³/mol. The molecule has 2 aromatic carbocycles. The lowest BCUT2D eigenvalue weighted by molar-refractivity contribution is -0.298.